The highest BCUT2D eigenvalue weighted by molar-refractivity contribution is 9.10. The fourth-order valence-corrected chi connectivity index (χ4v) is 4.04. The molecule has 1 atom stereocenters. The van der Waals surface area contributed by atoms with Crippen LogP contribution in [0.2, 0.25) is 0 Å². The van der Waals surface area contributed by atoms with Crippen molar-refractivity contribution in [1.29, 1.82) is 0 Å². The fraction of sp³-hybridized carbons (Fsp3) is 0.333. The molecular formula is C21H23BrO. The maximum absolute atomic E-state index is 6.26. The van der Waals surface area contributed by atoms with Crippen LogP contribution >= 0.6 is 15.9 Å². The molecule has 120 valence electrons. The molecule has 0 saturated carbocycles. The van der Waals surface area contributed by atoms with Crippen LogP contribution in [0.5, 0.6) is 0 Å². The summed E-state index contributed by atoms with van der Waals surface area (Å²) in [7, 11) is 0. The SMILES string of the molecule is CCC(C)OC(C)(C)c1ccc2cc3ccccc3cc2c1Br. The standard InChI is InChI=1S/C21H23BrO/c1-5-14(2)23-21(3,4)19-11-10-17-12-15-8-6-7-9-16(15)13-18(17)20(19)22/h6-14H,5H2,1-4H3. The van der Waals surface area contributed by atoms with Crippen LogP contribution in [0.3, 0.4) is 0 Å². The lowest BCUT2D eigenvalue weighted by Crippen LogP contribution is -2.27. The van der Waals surface area contributed by atoms with Gasteiger partial charge in [0.05, 0.1) is 11.7 Å². The highest BCUT2D eigenvalue weighted by Crippen LogP contribution is 2.38. The van der Waals surface area contributed by atoms with Crippen molar-refractivity contribution in [1.82, 2.24) is 0 Å². The minimum atomic E-state index is -0.325. The fourth-order valence-electron chi connectivity index (χ4n) is 3.09. The number of hydrogen-bond acceptors (Lipinski definition) is 1. The van der Waals surface area contributed by atoms with Crippen LogP contribution in [0.1, 0.15) is 39.7 Å². The number of hydrogen-bond donors (Lipinski definition) is 0. The van der Waals surface area contributed by atoms with Crippen molar-refractivity contribution in [2.24, 2.45) is 0 Å². The summed E-state index contributed by atoms with van der Waals surface area (Å²) in [6.07, 6.45) is 1.25. The summed E-state index contributed by atoms with van der Waals surface area (Å²) in [4.78, 5) is 0. The number of rotatable bonds is 4. The quantitative estimate of drug-likeness (QED) is 0.458. The van der Waals surface area contributed by atoms with Crippen molar-refractivity contribution >= 4 is 37.5 Å². The third kappa shape index (κ3) is 3.15. The van der Waals surface area contributed by atoms with Gasteiger partial charge in [-0.25, -0.2) is 0 Å². The van der Waals surface area contributed by atoms with Crippen molar-refractivity contribution in [2.75, 3.05) is 0 Å². The number of ether oxygens (including phenoxy) is 1. The average molecular weight is 371 g/mol. The van der Waals surface area contributed by atoms with Gasteiger partial charge in [0.2, 0.25) is 0 Å². The number of halogens is 1. The van der Waals surface area contributed by atoms with Crippen LogP contribution in [-0.2, 0) is 10.3 Å². The molecule has 1 unspecified atom stereocenters. The van der Waals surface area contributed by atoms with E-state index in [9.17, 15) is 0 Å². The predicted octanol–water partition coefficient (Wildman–Crippen LogP) is 6.81. The van der Waals surface area contributed by atoms with Gasteiger partial charge >= 0.3 is 0 Å². The zero-order chi connectivity index (χ0) is 16.6. The highest BCUT2D eigenvalue weighted by Gasteiger charge is 2.26. The summed E-state index contributed by atoms with van der Waals surface area (Å²) in [6, 6.07) is 17.4. The van der Waals surface area contributed by atoms with Crippen molar-refractivity contribution in [3.8, 4) is 0 Å². The minimum Gasteiger partial charge on any atom is -0.368 e. The van der Waals surface area contributed by atoms with E-state index in [-0.39, 0.29) is 11.7 Å². The first-order chi connectivity index (χ1) is 10.9. The maximum Gasteiger partial charge on any atom is 0.0889 e. The Morgan fingerprint density at radius 2 is 1.65 bits per heavy atom. The molecule has 0 amide bonds. The lowest BCUT2D eigenvalue weighted by molar-refractivity contribution is -0.0695. The Bertz CT molecular complexity index is 851. The molecular weight excluding hydrogens is 348 g/mol. The van der Waals surface area contributed by atoms with E-state index in [0.717, 1.165) is 10.9 Å². The van der Waals surface area contributed by atoms with Crippen LogP contribution in [0.4, 0.5) is 0 Å². The van der Waals surface area contributed by atoms with Gasteiger partial charge in [-0.3, -0.25) is 0 Å². The zero-order valence-corrected chi connectivity index (χ0v) is 15.8. The summed E-state index contributed by atoms with van der Waals surface area (Å²) in [5, 5.41) is 5.02. The second-order valence-electron chi connectivity index (χ2n) is 6.69. The Kier molecular flexibility index (Phi) is 4.48. The van der Waals surface area contributed by atoms with E-state index >= 15 is 0 Å². The highest BCUT2D eigenvalue weighted by atomic mass is 79.9. The molecule has 0 heterocycles. The first kappa shape index (κ1) is 16.5. The van der Waals surface area contributed by atoms with E-state index in [4.69, 9.17) is 4.74 Å². The molecule has 3 aromatic rings. The second kappa shape index (κ2) is 6.26. The molecule has 0 fully saturated rings. The molecule has 0 aliphatic heterocycles. The molecule has 0 saturated heterocycles. The lowest BCUT2D eigenvalue weighted by Gasteiger charge is -2.31. The second-order valence-corrected chi connectivity index (χ2v) is 7.49. The van der Waals surface area contributed by atoms with Gasteiger partial charge in [-0.2, -0.15) is 0 Å². The van der Waals surface area contributed by atoms with Gasteiger partial charge in [-0.05, 0) is 82.4 Å². The molecule has 23 heavy (non-hydrogen) atoms. The Morgan fingerprint density at radius 3 is 2.30 bits per heavy atom. The molecule has 0 spiro atoms. The van der Waals surface area contributed by atoms with E-state index < -0.39 is 0 Å². The number of fused-ring (bicyclic) bond motifs is 2. The van der Waals surface area contributed by atoms with Gasteiger partial charge in [0.15, 0.2) is 0 Å². The van der Waals surface area contributed by atoms with E-state index in [0.29, 0.717) is 0 Å². The van der Waals surface area contributed by atoms with Gasteiger partial charge in [0.25, 0.3) is 0 Å². The summed E-state index contributed by atoms with van der Waals surface area (Å²) >= 11 is 3.84. The maximum atomic E-state index is 6.26. The van der Waals surface area contributed by atoms with Crippen LogP contribution in [0.15, 0.2) is 53.0 Å². The molecule has 0 bridgehead atoms. The molecule has 0 N–H and O–H groups in total. The zero-order valence-electron chi connectivity index (χ0n) is 14.2. The van der Waals surface area contributed by atoms with Crippen molar-refractivity contribution in [3.63, 3.8) is 0 Å². The minimum absolute atomic E-state index is 0.240. The summed E-state index contributed by atoms with van der Waals surface area (Å²) in [5.74, 6) is 0. The Morgan fingerprint density at radius 1 is 1.00 bits per heavy atom. The molecule has 1 nitrogen and oxygen atoms in total. The van der Waals surface area contributed by atoms with Crippen LogP contribution in [0.25, 0.3) is 21.5 Å². The smallest absolute Gasteiger partial charge is 0.0889 e. The Hall–Kier alpha value is -1.38. The molecule has 0 radical (unpaired) electrons. The molecule has 3 aromatic carbocycles. The van der Waals surface area contributed by atoms with Crippen LogP contribution in [0, 0.1) is 0 Å². The van der Waals surface area contributed by atoms with Gasteiger partial charge in [-0.1, -0.05) is 43.3 Å². The van der Waals surface area contributed by atoms with Crippen molar-refractivity contribution in [2.45, 2.75) is 45.8 Å². The Labute approximate surface area is 146 Å². The van der Waals surface area contributed by atoms with Crippen LogP contribution < -0.4 is 0 Å². The van der Waals surface area contributed by atoms with E-state index in [1.54, 1.807) is 0 Å². The average Bonchev–Trinajstić information content (AvgIpc) is 2.53. The topological polar surface area (TPSA) is 9.23 Å². The van der Waals surface area contributed by atoms with E-state index in [1.807, 2.05) is 0 Å². The largest absolute Gasteiger partial charge is 0.368 e. The first-order valence-electron chi connectivity index (χ1n) is 8.21. The van der Waals surface area contributed by atoms with Gasteiger partial charge < -0.3 is 4.74 Å². The predicted molar refractivity (Wildman–Crippen MR) is 103 cm³/mol. The molecule has 2 heteroatoms. The van der Waals surface area contributed by atoms with E-state index in [1.165, 1.54) is 27.1 Å². The van der Waals surface area contributed by atoms with Gasteiger partial charge in [0.1, 0.15) is 0 Å². The monoisotopic (exact) mass is 370 g/mol. The lowest BCUT2D eigenvalue weighted by atomic mass is 9.93. The summed E-state index contributed by atoms with van der Waals surface area (Å²) < 4.78 is 7.39. The third-order valence-electron chi connectivity index (χ3n) is 4.54. The first-order valence-corrected chi connectivity index (χ1v) is 9.01. The van der Waals surface area contributed by atoms with Gasteiger partial charge in [0, 0.05) is 4.47 Å². The number of benzene rings is 3. The molecule has 0 aliphatic carbocycles. The molecule has 0 aromatic heterocycles. The van der Waals surface area contributed by atoms with E-state index in [2.05, 4.69) is 92.2 Å². The third-order valence-corrected chi connectivity index (χ3v) is 5.39. The van der Waals surface area contributed by atoms with Crippen molar-refractivity contribution in [3.05, 3.63) is 58.6 Å². The Balaban J connectivity index is 2.16. The summed E-state index contributed by atoms with van der Waals surface area (Å²) in [6.45, 7) is 8.57. The molecule has 0 aliphatic rings. The normalized spacial score (nSPS) is 13.6. The van der Waals surface area contributed by atoms with Gasteiger partial charge in [-0.15, -0.1) is 0 Å². The van der Waals surface area contributed by atoms with Crippen LogP contribution in [-0.4, -0.2) is 6.10 Å². The molecule has 3 rings (SSSR count). The van der Waals surface area contributed by atoms with Crippen molar-refractivity contribution < 1.29 is 4.74 Å². The summed E-state index contributed by atoms with van der Waals surface area (Å²) in [5.41, 5.74) is 0.870.